The van der Waals surface area contributed by atoms with Gasteiger partial charge in [0.1, 0.15) is 23.2 Å². The molecule has 0 aromatic heterocycles. The summed E-state index contributed by atoms with van der Waals surface area (Å²) in [6, 6.07) is 10.2. The molecule has 2 aliphatic heterocycles. The van der Waals surface area contributed by atoms with Crippen molar-refractivity contribution in [3.05, 3.63) is 98.1 Å². The number of rotatable bonds is 10. The minimum atomic E-state index is -4.62. The van der Waals surface area contributed by atoms with Gasteiger partial charge in [-0.15, -0.1) is 0 Å². The van der Waals surface area contributed by atoms with Crippen LogP contribution in [-0.4, -0.2) is 49.8 Å². The van der Waals surface area contributed by atoms with E-state index in [2.05, 4.69) is 5.43 Å². The standard InChI is InChI=1S/C29H25F3N6O9/c1-14(2)23(26(33)39)36-24(15-5-3-7-18(11-15)46-19-8-4-6-16(12-19)29(30,31)32)22-25(47-36)28(41)35(27(22)40)34-20-10-9-17(37(42)43)13-21(20)38(44)45/h3-14,22-25,34H,1-2H3,(H2,33,39). The number of carbonyl (C=O) groups excluding carboxylic acids is 3. The van der Waals surface area contributed by atoms with E-state index < -0.39 is 86.4 Å². The van der Waals surface area contributed by atoms with Gasteiger partial charge in [-0.1, -0.05) is 32.0 Å². The number of hydroxylamine groups is 2. The zero-order valence-corrected chi connectivity index (χ0v) is 24.4. The summed E-state index contributed by atoms with van der Waals surface area (Å²) in [5.41, 5.74) is 5.59. The molecule has 2 saturated heterocycles. The molecule has 15 nitrogen and oxygen atoms in total. The average Bonchev–Trinajstić information content (AvgIpc) is 3.47. The lowest BCUT2D eigenvalue weighted by Crippen LogP contribution is -2.49. The Morgan fingerprint density at radius 2 is 1.64 bits per heavy atom. The molecule has 4 unspecified atom stereocenters. The van der Waals surface area contributed by atoms with Crippen molar-refractivity contribution in [2.24, 2.45) is 17.6 Å². The summed E-state index contributed by atoms with van der Waals surface area (Å²) < 4.78 is 45.5. The molecule has 3 aromatic carbocycles. The summed E-state index contributed by atoms with van der Waals surface area (Å²) in [5.74, 6) is -4.66. The number of alkyl halides is 3. The molecule has 2 fully saturated rings. The lowest BCUT2D eigenvalue weighted by atomic mass is 9.89. The van der Waals surface area contributed by atoms with E-state index in [1.54, 1.807) is 13.8 Å². The van der Waals surface area contributed by atoms with Crippen LogP contribution in [0, 0.1) is 32.1 Å². The SMILES string of the molecule is CC(C)C(C(N)=O)N1OC2C(=O)N(Nc3ccc([N+](=O)[O-])cc3[N+](=O)[O-])C(=O)C2C1c1cccc(Oc2cccc(C(F)(F)F)c2)c1. The quantitative estimate of drug-likeness (QED) is 0.177. The van der Waals surface area contributed by atoms with Gasteiger partial charge in [-0.05, 0) is 47.9 Å². The third-order valence-electron chi connectivity index (χ3n) is 7.56. The summed E-state index contributed by atoms with van der Waals surface area (Å²) in [7, 11) is 0. The number of amides is 3. The number of hydrogen-bond donors (Lipinski definition) is 2. The molecular weight excluding hydrogens is 633 g/mol. The highest BCUT2D eigenvalue weighted by molar-refractivity contribution is 6.08. The van der Waals surface area contributed by atoms with Gasteiger partial charge < -0.3 is 10.5 Å². The van der Waals surface area contributed by atoms with Gasteiger partial charge in [0.2, 0.25) is 5.91 Å². The number of carbonyl (C=O) groups is 3. The van der Waals surface area contributed by atoms with Gasteiger partial charge in [0, 0.05) is 6.07 Å². The molecule has 3 aromatic rings. The second-order valence-electron chi connectivity index (χ2n) is 11.0. The maximum Gasteiger partial charge on any atom is 0.416 e. The number of ether oxygens (including phenoxy) is 1. The zero-order valence-electron chi connectivity index (χ0n) is 24.4. The van der Waals surface area contributed by atoms with Gasteiger partial charge in [-0.2, -0.15) is 23.2 Å². The zero-order chi connectivity index (χ0) is 34.4. The highest BCUT2D eigenvalue weighted by Gasteiger charge is 2.62. The summed E-state index contributed by atoms with van der Waals surface area (Å²) in [6.07, 6.45) is -6.16. The third-order valence-corrected chi connectivity index (χ3v) is 7.56. The summed E-state index contributed by atoms with van der Waals surface area (Å²) in [6.45, 7) is 3.31. The first kappa shape index (κ1) is 32.8. The van der Waals surface area contributed by atoms with Crippen molar-refractivity contribution in [2.75, 3.05) is 5.43 Å². The minimum Gasteiger partial charge on any atom is -0.457 e. The topological polar surface area (TPSA) is 200 Å². The first-order valence-corrected chi connectivity index (χ1v) is 13.8. The van der Waals surface area contributed by atoms with Crippen molar-refractivity contribution in [2.45, 2.75) is 38.2 Å². The van der Waals surface area contributed by atoms with Crippen LogP contribution in [0.5, 0.6) is 11.5 Å². The number of nitro benzene ring substituents is 2. The number of non-ortho nitro benzene ring substituents is 1. The van der Waals surface area contributed by atoms with Crippen LogP contribution in [0.2, 0.25) is 0 Å². The summed E-state index contributed by atoms with van der Waals surface area (Å²) in [5, 5.41) is 24.4. The van der Waals surface area contributed by atoms with Crippen LogP contribution in [0.4, 0.5) is 30.2 Å². The van der Waals surface area contributed by atoms with Gasteiger partial charge in [0.15, 0.2) is 6.10 Å². The Morgan fingerprint density at radius 3 is 2.23 bits per heavy atom. The number of hydrogen-bond acceptors (Lipinski definition) is 11. The first-order valence-electron chi connectivity index (χ1n) is 13.8. The number of fused-ring (bicyclic) bond motifs is 1. The van der Waals surface area contributed by atoms with Gasteiger partial charge >= 0.3 is 11.9 Å². The maximum absolute atomic E-state index is 13.9. The fourth-order valence-corrected chi connectivity index (χ4v) is 5.52. The molecule has 2 aliphatic rings. The highest BCUT2D eigenvalue weighted by Crippen LogP contribution is 2.47. The molecular formula is C29H25F3N6O9. The fourth-order valence-electron chi connectivity index (χ4n) is 5.52. The number of hydrazine groups is 1. The van der Waals surface area contributed by atoms with Gasteiger partial charge in [-0.3, -0.25) is 44.9 Å². The van der Waals surface area contributed by atoms with E-state index in [0.717, 1.165) is 29.3 Å². The van der Waals surface area contributed by atoms with Crippen LogP contribution in [0.3, 0.4) is 0 Å². The molecule has 4 atom stereocenters. The number of nitrogens with one attached hydrogen (secondary N) is 1. The van der Waals surface area contributed by atoms with E-state index in [0.29, 0.717) is 11.1 Å². The van der Waals surface area contributed by atoms with E-state index in [-0.39, 0.29) is 17.1 Å². The third kappa shape index (κ3) is 6.27. The number of anilines is 1. The van der Waals surface area contributed by atoms with Crippen LogP contribution < -0.4 is 15.9 Å². The van der Waals surface area contributed by atoms with E-state index >= 15 is 0 Å². The van der Waals surface area contributed by atoms with Crippen LogP contribution in [0.25, 0.3) is 0 Å². The highest BCUT2D eigenvalue weighted by atomic mass is 19.4. The van der Waals surface area contributed by atoms with Crippen molar-refractivity contribution < 1.29 is 47.0 Å². The second kappa shape index (κ2) is 12.3. The normalized spacial score (nSPS) is 20.3. The average molecular weight is 659 g/mol. The van der Waals surface area contributed by atoms with E-state index in [4.69, 9.17) is 15.3 Å². The van der Waals surface area contributed by atoms with E-state index in [1.807, 2.05) is 0 Å². The summed E-state index contributed by atoms with van der Waals surface area (Å²) >= 11 is 0. The number of nitro groups is 2. The lowest BCUT2D eigenvalue weighted by Gasteiger charge is -2.34. The van der Waals surface area contributed by atoms with Crippen LogP contribution in [0.15, 0.2) is 66.7 Å². The smallest absolute Gasteiger partial charge is 0.416 e. The Bertz CT molecular complexity index is 1790. The molecule has 0 spiro atoms. The van der Waals surface area contributed by atoms with Crippen molar-refractivity contribution in [1.29, 1.82) is 0 Å². The van der Waals surface area contributed by atoms with Crippen LogP contribution in [-0.2, 0) is 25.4 Å². The molecule has 3 amide bonds. The molecule has 47 heavy (non-hydrogen) atoms. The Morgan fingerprint density at radius 1 is 0.979 bits per heavy atom. The largest absolute Gasteiger partial charge is 0.457 e. The van der Waals surface area contributed by atoms with E-state index in [1.165, 1.54) is 36.4 Å². The molecule has 5 rings (SSSR count). The lowest BCUT2D eigenvalue weighted by molar-refractivity contribution is -0.393. The first-order chi connectivity index (χ1) is 22.1. The predicted molar refractivity (Wildman–Crippen MR) is 154 cm³/mol. The Kier molecular flexibility index (Phi) is 8.57. The minimum absolute atomic E-state index is 0.0543. The van der Waals surface area contributed by atoms with Crippen molar-refractivity contribution in [3.63, 3.8) is 0 Å². The molecule has 3 N–H and O–H groups in total. The Hall–Kier alpha value is -5.62. The number of halogens is 3. The molecule has 0 saturated carbocycles. The monoisotopic (exact) mass is 658 g/mol. The maximum atomic E-state index is 13.9. The van der Waals surface area contributed by atoms with Crippen molar-refractivity contribution >= 4 is 34.8 Å². The van der Waals surface area contributed by atoms with Crippen LogP contribution in [0.1, 0.15) is 31.0 Å². The molecule has 0 aliphatic carbocycles. The number of nitrogens with two attached hydrogens (primary N) is 1. The number of nitrogens with zero attached hydrogens (tertiary/aromatic N) is 4. The van der Waals surface area contributed by atoms with Crippen molar-refractivity contribution in [3.8, 4) is 11.5 Å². The molecule has 0 bridgehead atoms. The van der Waals surface area contributed by atoms with Gasteiger partial charge in [0.25, 0.3) is 17.5 Å². The number of imide groups is 1. The number of primary amides is 1. The number of benzene rings is 3. The van der Waals surface area contributed by atoms with Crippen LogP contribution >= 0.6 is 0 Å². The molecule has 18 heteroatoms. The van der Waals surface area contributed by atoms with Gasteiger partial charge in [-0.25, -0.2) is 0 Å². The predicted octanol–water partition coefficient (Wildman–Crippen LogP) is 4.49. The second-order valence-corrected chi connectivity index (χ2v) is 11.0. The molecule has 2 heterocycles. The fraction of sp³-hybridized carbons (Fsp3) is 0.276. The molecule has 0 radical (unpaired) electrons. The van der Waals surface area contributed by atoms with Gasteiger partial charge in [0.05, 0.1) is 33.4 Å². The van der Waals surface area contributed by atoms with E-state index in [9.17, 15) is 47.8 Å². The summed E-state index contributed by atoms with van der Waals surface area (Å²) in [4.78, 5) is 66.9. The van der Waals surface area contributed by atoms with Crippen molar-refractivity contribution in [1.82, 2.24) is 10.1 Å². The Balaban J connectivity index is 1.52. The molecule has 246 valence electrons. The Labute approximate surface area is 262 Å².